The zero-order chi connectivity index (χ0) is 27.8. The van der Waals surface area contributed by atoms with Gasteiger partial charge in [-0.2, -0.15) is 0 Å². The van der Waals surface area contributed by atoms with Gasteiger partial charge in [-0.1, -0.05) is 134 Å². The highest BCUT2D eigenvalue weighted by molar-refractivity contribution is 5.69. The van der Waals surface area contributed by atoms with E-state index in [2.05, 4.69) is 50.3 Å². The average Bonchev–Trinajstić information content (AvgIpc) is 2.92. The summed E-state index contributed by atoms with van der Waals surface area (Å²) in [6.07, 6.45) is 37.4. The van der Waals surface area contributed by atoms with Gasteiger partial charge in [0, 0.05) is 13.0 Å². The molecule has 1 N–H and O–H groups in total. The van der Waals surface area contributed by atoms with E-state index in [0.29, 0.717) is 19.6 Å². The normalized spacial score (nSPS) is 12.8. The largest absolute Gasteiger partial charge is 0.457 e. The zero-order valence-electron chi connectivity index (χ0n) is 25.2. The molecule has 1 unspecified atom stereocenters. The Balaban J connectivity index is 3.48. The van der Waals surface area contributed by atoms with E-state index >= 15 is 0 Å². The lowest BCUT2D eigenvalue weighted by atomic mass is 10.1. The molecule has 222 valence electrons. The Morgan fingerprint density at radius 1 is 0.658 bits per heavy atom. The summed E-state index contributed by atoms with van der Waals surface area (Å²) in [6, 6.07) is 0. The van der Waals surface area contributed by atoms with E-state index in [1.807, 2.05) is 0 Å². The second kappa shape index (κ2) is 31.8. The topological polar surface area (TPSA) is 55.8 Å². The van der Waals surface area contributed by atoms with Crippen LogP contribution in [0.5, 0.6) is 0 Å². The van der Waals surface area contributed by atoms with Crippen molar-refractivity contribution in [2.24, 2.45) is 0 Å². The van der Waals surface area contributed by atoms with Crippen molar-refractivity contribution in [3.63, 3.8) is 0 Å². The molecule has 38 heavy (non-hydrogen) atoms. The van der Waals surface area contributed by atoms with Crippen molar-refractivity contribution < 1.29 is 19.4 Å². The minimum Gasteiger partial charge on any atom is -0.457 e. The van der Waals surface area contributed by atoms with Crippen LogP contribution in [0.1, 0.15) is 149 Å². The van der Waals surface area contributed by atoms with E-state index < -0.39 is 6.10 Å². The van der Waals surface area contributed by atoms with E-state index in [9.17, 15) is 9.90 Å². The summed E-state index contributed by atoms with van der Waals surface area (Å²) >= 11 is 0. The molecule has 0 amide bonds. The standard InChI is InChI=1S/C34H62O4/c1-3-5-7-9-11-13-14-15-16-17-18-19-20-21-23-25-27-29-34(36)38-33(31-35)32-37-30-28-26-24-22-12-10-8-6-4-2/h5,7,11,13,15-16,33,35H,3-4,6,8-10,12,14,17-32H2,1-2H3/b7-5-,13-11-,16-15-. The second-order valence-corrected chi connectivity index (χ2v) is 10.5. The second-order valence-electron chi connectivity index (χ2n) is 10.5. The molecular formula is C34H62O4. The molecule has 0 radical (unpaired) electrons. The number of rotatable bonds is 29. The number of allylic oxidation sites excluding steroid dienone is 6. The Labute approximate surface area is 236 Å². The highest BCUT2D eigenvalue weighted by Crippen LogP contribution is 2.12. The third-order valence-corrected chi connectivity index (χ3v) is 6.73. The van der Waals surface area contributed by atoms with E-state index in [4.69, 9.17) is 9.47 Å². The molecule has 0 fully saturated rings. The maximum Gasteiger partial charge on any atom is 0.306 e. The van der Waals surface area contributed by atoms with Gasteiger partial charge in [0.2, 0.25) is 0 Å². The molecule has 0 saturated heterocycles. The van der Waals surface area contributed by atoms with Crippen LogP contribution in [0.15, 0.2) is 36.5 Å². The molecule has 0 aliphatic heterocycles. The smallest absolute Gasteiger partial charge is 0.306 e. The number of carbonyl (C=O) groups excluding carboxylic acids is 1. The van der Waals surface area contributed by atoms with Crippen LogP contribution in [0.3, 0.4) is 0 Å². The van der Waals surface area contributed by atoms with Crippen LogP contribution in [0.25, 0.3) is 0 Å². The van der Waals surface area contributed by atoms with Crippen molar-refractivity contribution in [1.82, 2.24) is 0 Å². The van der Waals surface area contributed by atoms with Crippen LogP contribution >= 0.6 is 0 Å². The number of esters is 1. The molecule has 0 rings (SSSR count). The molecule has 1 atom stereocenters. The van der Waals surface area contributed by atoms with Crippen LogP contribution in [0, 0.1) is 0 Å². The Kier molecular flexibility index (Phi) is 30.7. The van der Waals surface area contributed by atoms with Gasteiger partial charge in [-0.3, -0.25) is 4.79 Å². The third kappa shape index (κ3) is 29.2. The van der Waals surface area contributed by atoms with Crippen LogP contribution < -0.4 is 0 Å². The van der Waals surface area contributed by atoms with Crippen molar-refractivity contribution in [3.05, 3.63) is 36.5 Å². The minimum absolute atomic E-state index is 0.175. The van der Waals surface area contributed by atoms with Crippen LogP contribution in [-0.4, -0.2) is 37.0 Å². The molecule has 4 heteroatoms. The minimum atomic E-state index is -0.533. The van der Waals surface area contributed by atoms with Crippen molar-refractivity contribution in [2.75, 3.05) is 19.8 Å². The highest BCUT2D eigenvalue weighted by Gasteiger charge is 2.13. The molecule has 0 aliphatic rings. The van der Waals surface area contributed by atoms with Gasteiger partial charge in [0.25, 0.3) is 0 Å². The first-order valence-electron chi connectivity index (χ1n) is 16.1. The van der Waals surface area contributed by atoms with E-state index in [0.717, 1.165) is 38.5 Å². The first kappa shape index (κ1) is 36.6. The van der Waals surface area contributed by atoms with E-state index in [-0.39, 0.29) is 12.6 Å². The molecule has 0 aromatic rings. The number of carbonyl (C=O) groups is 1. The first-order chi connectivity index (χ1) is 18.7. The number of aliphatic hydroxyl groups is 1. The lowest BCUT2D eigenvalue weighted by Gasteiger charge is -2.16. The SMILES string of the molecule is CC/C=C\C/C=C\C/C=C\CCCCCCCCCC(=O)OC(CO)COCCCCCCCCCCC. The van der Waals surface area contributed by atoms with Gasteiger partial charge in [0.15, 0.2) is 0 Å². The zero-order valence-corrected chi connectivity index (χ0v) is 25.2. The number of unbranched alkanes of at least 4 members (excludes halogenated alkanes) is 15. The lowest BCUT2D eigenvalue weighted by molar-refractivity contribution is -0.154. The summed E-state index contributed by atoms with van der Waals surface area (Å²) in [7, 11) is 0. The van der Waals surface area contributed by atoms with Gasteiger partial charge < -0.3 is 14.6 Å². The van der Waals surface area contributed by atoms with Gasteiger partial charge in [-0.05, 0) is 44.9 Å². The molecule has 0 saturated carbocycles. The average molecular weight is 535 g/mol. The Morgan fingerprint density at radius 3 is 1.79 bits per heavy atom. The van der Waals surface area contributed by atoms with E-state index in [1.165, 1.54) is 89.9 Å². The van der Waals surface area contributed by atoms with Crippen LogP contribution in [0.2, 0.25) is 0 Å². The number of aliphatic hydroxyl groups excluding tert-OH is 1. The molecule has 0 heterocycles. The lowest BCUT2D eigenvalue weighted by Crippen LogP contribution is -2.27. The summed E-state index contributed by atoms with van der Waals surface area (Å²) in [5, 5.41) is 9.49. The summed E-state index contributed by atoms with van der Waals surface area (Å²) in [5.74, 6) is -0.213. The van der Waals surface area contributed by atoms with Gasteiger partial charge in [-0.25, -0.2) is 0 Å². The molecule has 0 aromatic heterocycles. The fraction of sp³-hybridized carbons (Fsp3) is 0.794. The predicted octanol–water partition coefficient (Wildman–Crippen LogP) is 9.81. The summed E-state index contributed by atoms with van der Waals surface area (Å²) in [6.45, 7) is 5.21. The highest BCUT2D eigenvalue weighted by atomic mass is 16.6. The number of hydrogen-bond acceptors (Lipinski definition) is 4. The van der Waals surface area contributed by atoms with Crippen molar-refractivity contribution in [3.8, 4) is 0 Å². The molecule has 0 aliphatic carbocycles. The molecule has 4 nitrogen and oxygen atoms in total. The molecule has 0 spiro atoms. The molecular weight excluding hydrogens is 472 g/mol. The Morgan fingerprint density at radius 2 is 1.18 bits per heavy atom. The summed E-state index contributed by atoms with van der Waals surface area (Å²) < 4.78 is 11.0. The maximum atomic E-state index is 12.1. The summed E-state index contributed by atoms with van der Waals surface area (Å²) in [5.41, 5.74) is 0. The molecule has 0 bridgehead atoms. The Bertz CT molecular complexity index is 567. The van der Waals surface area contributed by atoms with Crippen molar-refractivity contribution >= 4 is 5.97 Å². The van der Waals surface area contributed by atoms with Gasteiger partial charge in [0.05, 0.1) is 13.2 Å². The predicted molar refractivity (Wildman–Crippen MR) is 164 cm³/mol. The van der Waals surface area contributed by atoms with Crippen molar-refractivity contribution in [1.29, 1.82) is 0 Å². The summed E-state index contributed by atoms with van der Waals surface area (Å²) in [4.78, 5) is 12.1. The number of ether oxygens (including phenoxy) is 2. The fourth-order valence-corrected chi connectivity index (χ4v) is 4.34. The van der Waals surface area contributed by atoms with E-state index in [1.54, 1.807) is 0 Å². The van der Waals surface area contributed by atoms with Crippen LogP contribution in [-0.2, 0) is 14.3 Å². The van der Waals surface area contributed by atoms with Crippen molar-refractivity contribution in [2.45, 2.75) is 155 Å². The van der Waals surface area contributed by atoms with Crippen LogP contribution in [0.4, 0.5) is 0 Å². The number of hydrogen-bond donors (Lipinski definition) is 1. The third-order valence-electron chi connectivity index (χ3n) is 6.73. The van der Waals surface area contributed by atoms with Gasteiger partial charge in [0.1, 0.15) is 6.10 Å². The monoisotopic (exact) mass is 534 g/mol. The maximum absolute atomic E-state index is 12.1. The van der Waals surface area contributed by atoms with Gasteiger partial charge in [-0.15, -0.1) is 0 Å². The molecule has 0 aromatic carbocycles. The fourth-order valence-electron chi connectivity index (χ4n) is 4.34. The van der Waals surface area contributed by atoms with Gasteiger partial charge >= 0.3 is 5.97 Å². The Hall–Kier alpha value is -1.39. The first-order valence-corrected chi connectivity index (χ1v) is 16.1. The quantitative estimate of drug-likeness (QED) is 0.0589.